The molecule has 0 radical (unpaired) electrons. The van der Waals surface area contributed by atoms with Crippen molar-refractivity contribution in [2.75, 3.05) is 32.9 Å². The minimum atomic E-state index is -0.0212. The fourth-order valence-electron chi connectivity index (χ4n) is 4.28. The van der Waals surface area contributed by atoms with E-state index in [0.29, 0.717) is 18.9 Å². The van der Waals surface area contributed by atoms with Crippen LogP contribution in [0.15, 0.2) is 30.3 Å². The topological polar surface area (TPSA) is 63.7 Å². The Morgan fingerprint density at radius 3 is 2.81 bits per heavy atom. The zero-order valence-corrected chi connectivity index (χ0v) is 18.8. The summed E-state index contributed by atoms with van der Waals surface area (Å²) in [5.74, 6) is 1.48. The molecule has 6 heteroatoms. The van der Waals surface area contributed by atoms with Crippen LogP contribution in [0.3, 0.4) is 0 Å². The van der Waals surface area contributed by atoms with E-state index in [0.717, 1.165) is 61.5 Å². The van der Waals surface area contributed by atoms with Crippen LogP contribution in [0.2, 0.25) is 0 Å². The third-order valence-electron chi connectivity index (χ3n) is 6.09. The van der Waals surface area contributed by atoms with Crippen LogP contribution in [0, 0.1) is 5.92 Å². The Kier molecular flexibility index (Phi) is 7.41. The smallest absolute Gasteiger partial charge is 0.273 e. The lowest BCUT2D eigenvalue weighted by Gasteiger charge is -2.37. The van der Waals surface area contributed by atoms with Gasteiger partial charge in [0.1, 0.15) is 11.4 Å². The molecule has 1 aromatic carbocycles. The van der Waals surface area contributed by atoms with Gasteiger partial charge in [-0.2, -0.15) is 0 Å². The first kappa shape index (κ1) is 22.0. The summed E-state index contributed by atoms with van der Waals surface area (Å²) in [5, 5.41) is 4.36. The first-order valence-corrected chi connectivity index (χ1v) is 11.8. The summed E-state index contributed by atoms with van der Waals surface area (Å²) in [6.45, 7) is 8.15. The van der Waals surface area contributed by atoms with Gasteiger partial charge in [0.05, 0.1) is 12.1 Å². The van der Waals surface area contributed by atoms with Gasteiger partial charge >= 0.3 is 0 Å². The van der Waals surface area contributed by atoms with E-state index in [-0.39, 0.29) is 18.0 Å². The quantitative estimate of drug-likeness (QED) is 0.582. The summed E-state index contributed by atoms with van der Waals surface area (Å²) in [6.07, 6.45) is 5.55. The molecule has 2 heterocycles. The van der Waals surface area contributed by atoms with E-state index >= 15 is 0 Å². The third-order valence-corrected chi connectivity index (χ3v) is 6.09. The van der Waals surface area contributed by atoms with Crippen LogP contribution >= 0.6 is 0 Å². The first-order valence-electron chi connectivity index (χ1n) is 11.8. The van der Waals surface area contributed by atoms with Crippen LogP contribution in [0.1, 0.15) is 56.4 Å². The van der Waals surface area contributed by atoms with Gasteiger partial charge in [-0.25, -0.2) is 4.98 Å². The molecular weight excluding hydrogens is 390 g/mol. The van der Waals surface area contributed by atoms with Crippen LogP contribution < -0.4 is 10.1 Å². The normalized spacial score (nSPS) is 19.0. The standard InChI is InChI=1S/C25H35N3O3/c1-18(2)28(20-7-5-12-26-16-20)25(29)23-15-24(21-8-3-4-9-22(21)27-23)31-14-6-13-30-17-19-10-11-19/h3-4,8-9,15,18-20,26H,5-7,10-14,16-17H2,1-2H3/t20-/m1/s1. The summed E-state index contributed by atoms with van der Waals surface area (Å²) in [4.78, 5) is 20.2. The molecule has 2 fully saturated rings. The van der Waals surface area contributed by atoms with Gasteiger partial charge in [-0.1, -0.05) is 12.1 Å². The highest BCUT2D eigenvalue weighted by Gasteiger charge is 2.29. The van der Waals surface area contributed by atoms with Gasteiger partial charge in [0, 0.05) is 49.7 Å². The molecule has 1 saturated carbocycles. The van der Waals surface area contributed by atoms with Crippen molar-refractivity contribution in [2.45, 2.75) is 58.0 Å². The lowest BCUT2D eigenvalue weighted by Crippen LogP contribution is -2.51. The van der Waals surface area contributed by atoms with Crippen molar-refractivity contribution in [3.8, 4) is 5.75 Å². The average Bonchev–Trinajstić information content (AvgIpc) is 3.61. The lowest BCUT2D eigenvalue weighted by molar-refractivity contribution is 0.0567. The van der Waals surface area contributed by atoms with Crippen molar-refractivity contribution >= 4 is 16.8 Å². The maximum absolute atomic E-state index is 13.5. The van der Waals surface area contributed by atoms with E-state index in [2.05, 4.69) is 19.2 Å². The number of piperidine rings is 1. The lowest BCUT2D eigenvalue weighted by atomic mass is 10.0. The number of carbonyl (C=O) groups excluding carboxylic acids is 1. The second-order valence-corrected chi connectivity index (χ2v) is 9.05. The molecule has 31 heavy (non-hydrogen) atoms. The zero-order chi connectivity index (χ0) is 21.6. The number of aromatic nitrogens is 1. The molecule has 1 aromatic heterocycles. The summed E-state index contributed by atoms with van der Waals surface area (Å²) in [6, 6.07) is 10.00. The summed E-state index contributed by atoms with van der Waals surface area (Å²) < 4.78 is 11.8. The summed E-state index contributed by atoms with van der Waals surface area (Å²) in [5.41, 5.74) is 1.25. The number of pyridine rings is 1. The van der Waals surface area contributed by atoms with E-state index in [1.165, 1.54) is 12.8 Å². The fourth-order valence-corrected chi connectivity index (χ4v) is 4.28. The largest absolute Gasteiger partial charge is 0.493 e. The van der Waals surface area contributed by atoms with Crippen LogP contribution in [0.5, 0.6) is 5.75 Å². The van der Waals surface area contributed by atoms with Crippen molar-refractivity contribution < 1.29 is 14.3 Å². The van der Waals surface area contributed by atoms with E-state index in [1.807, 2.05) is 35.2 Å². The maximum atomic E-state index is 13.5. The number of nitrogens with zero attached hydrogens (tertiary/aromatic N) is 2. The van der Waals surface area contributed by atoms with Gasteiger partial charge < -0.3 is 19.7 Å². The molecule has 2 aromatic rings. The number of nitrogens with one attached hydrogen (secondary N) is 1. The van der Waals surface area contributed by atoms with Crippen molar-refractivity contribution in [3.05, 3.63) is 36.0 Å². The van der Waals surface area contributed by atoms with E-state index in [4.69, 9.17) is 14.5 Å². The monoisotopic (exact) mass is 425 g/mol. The summed E-state index contributed by atoms with van der Waals surface area (Å²) in [7, 11) is 0. The number of ether oxygens (including phenoxy) is 2. The van der Waals surface area contributed by atoms with Gasteiger partial charge in [0.25, 0.3) is 5.91 Å². The van der Waals surface area contributed by atoms with Gasteiger partial charge in [-0.15, -0.1) is 0 Å². The average molecular weight is 426 g/mol. The molecule has 1 aliphatic heterocycles. The number of hydrogen-bond acceptors (Lipinski definition) is 5. The molecule has 6 nitrogen and oxygen atoms in total. The van der Waals surface area contributed by atoms with Crippen LogP contribution in [0.25, 0.3) is 10.9 Å². The minimum Gasteiger partial charge on any atom is -0.493 e. The van der Waals surface area contributed by atoms with E-state index in [1.54, 1.807) is 0 Å². The van der Waals surface area contributed by atoms with Crippen molar-refractivity contribution in [3.63, 3.8) is 0 Å². The number of benzene rings is 1. The molecule has 2 aliphatic rings. The highest BCUT2D eigenvalue weighted by molar-refractivity contribution is 5.97. The Morgan fingerprint density at radius 2 is 2.06 bits per heavy atom. The molecule has 4 rings (SSSR count). The molecule has 1 amide bonds. The van der Waals surface area contributed by atoms with Gasteiger partial charge in [0.2, 0.25) is 0 Å². The van der Waals surface area contributed by atoms with Gasteiger partial charge in [-0.3, -0.25) is 4.79 Å². The molecule has 1 aliphatic carbocycles. The Bertz CT molecular complexity index is 875. The van der Waals surface area contributed by atoms with Crippen LogP contribution in [-0.2, 0) is 4.74 Å². The molecule has 168 valence electrons. The summed E-state index contributed by atoms with van der Waals surface area (Å²) >= 11 is 0. The van der Waals surface area contributed by atoms with Crippen LogP contribution in [-0.4, -0.2) is 60.8 Å². The predicted octanol–water partition coefficient (Wildman–Crippen LogP) is 4.03. The fraction of sp³-hybridized carbons (Fsp3) is 0.600. The molecule has 0 unspecified atom stereocenters. The molecule has 0 bridgehead atoms. The zero-order valence-electron chi connectivity index (χ0n) is 18.8. The predicted molar refractivity (Wildman–Crippen MR) is 123 cm³/mol. The Labute approximate surface area is 185 Å². The maximum Gasteiger partial charge on any atom is 0.273 e. The molecule has 1 N–H and O–H groups in total. The number of amides is 1. The second-order valence-electron chi connectivity index (χ2n) is 9.05. The van der Waals surface area contributed by atoms with E-state index in [9.17, 15) is 4.79 Å². The molecule has 0 spiro atoms. The molecule has 1 atom stereocenters. The SMILES string of the molecule is CC(C)N(C(=O)c1cc(OCCCOCC2CC2)c2ccccc2n1)[C@@H]1CCCNC1. The second kappa shape index (κ2) is 10.4. The van der Waals surface area contributed by atoms with Gasteiger partial charge in [-0.05, 0) is 64.1 Å². The molecule has 1 saturated heterocycles. The Morgan fingerprint density at radius 1 is 1.23 bits per heavy atom. The number of carbonyl (C=O) groups is 1. The third kappa shape index (κ3) is 5.74. The van der Waals surface area contributed by atoms with Gasteiger partial charge in [0.15, 0.2) is 0 Å². The number of para-hydroxylation sites is 1. The number of hydrogen-bond donors (Lipinski definition) is 1. The van der Waals surface area contributed by atoms with Crippen LogP contribution in [0.4, 0.5) is 0 Å². The number of rotatable bonds is 10. The Hall–Kier alpha value is -2.18. The van der Waals surface area contributed by atoms with Crippen molar-refractivity contribution in [1.82, 2.24) is 15.2 Å². The van der Waals surface area contributed by atoms with Crippen molar-refractivity contribution in [2.24, 2.45) is 5.92 Å². The minimum absolute atomic E-state index is 0.0212. The number of fused-ring (bicyclic) bond motifs is 1. The highest BCUT2D eigenvalue weighted by Crippen LogP contribution is 2.29. The van der Waals surface area contributed by atoms with E-state index < -0.39 is 0 Å². The first-order chi connectivity index (χ1) is 15.1. The highest BCUT2D eigenvalue weighted by atomic mass is 16.5. The molecular formula is C25H35N3O3. The Balaban J connectivity index is 1.49. The van der Waals surface area contributed by atoms with Crippen molar-refractivity contribution in [1.29, 1.82) is 0 Å².